The monoisotopic (exact) mass is 420 g/mol. The number of carbonyl (C=O) groups excluding carboxylic acids is 2. The van der Waals surface area contributed by atoms with Crippen molar-refractivity contribution in [3.63, 3.8) is 0 Å². The van der Waals surface area contributed by atoms with Crippen molar-refractivity contribution in [3.8, 4) is 11.5 Å². The summed E-state index contributed by atoms with van der Waals surface area (Å²) in [5, 5.41) is 0.676. The average Bonchev–Trinajstić information content (AvgIpc) is 3.01. The molecule has 0 spiro atoms. The third-order valence-electron chi connectivity index (χ3n) is 3.61. The van der Waals surface area contributed by atoms with Crippen LogP contribution in [0.2, 0.25) is 10.0 Å². The standard InChI is InChI=1S/C19H14Cl2N2O5/c1-26-15-7-10(5-13(21)17(15)27-9-16(22)24)6-14-19(25)28-18(23-14)11-3-2-4-12(20)8-11/h2-8H,9H2,1H3,(H2,22,24)/b14-6+. The highest BCUT2D eigenvalue weighted by molar-refractivity contribution is 6.32. The van der Waals surface area contributed by atoms with E-state index in [-0.39, 0.29) is 34.7 Å². The van der Waals surface area contributed by atoms with Crippen LogP contribution in [-0.2, 0) is 14.3 Å². The molecule has 0 saturated heterocycles. The number of hydrogen-bond donors (Lipinski definition) is 1. The van der Waals surface area contributed by atoms with Crippen LogP contribution in [0, 0.1) is 0 Å². The highest BCUT2D eigenvalue weighted by Gasteiger charge is 2.24. The number of rotatable bonds is 6. The number of amides is 1. The largest absolute Gasteiger partial charge is 0.493 e. The van der Waals surface area contributed by atoms with Gasteiger partial charge in [-0.1, -0.05) is 29.3 Å². The summed E-state index contributed by atoms with van der Waals surface area (Å²) in [6.07, 6.45) is 1.49. The summed E-state index contributed by atoms with van der Waals surface area (Å²) in [5.41, 5.74) is 6.26. The molecule has 1 aliphatic rings. The molecule has 1 amide bonds. The molecular formula is C19H14Cl2N2O5. The fourth-order valence-electron chi connectivity index (χ4n) is 2.42. The lowest BCUT2D eigenvalue weighted by Crippen LogP contribution is -2.20. The fraction of sp³-hybridized carbons (Fsp3) is 0.105. The predicted octanol–water partition coefficient (Wildman–Crippen LogP) is 3.21. The molecule has 3 rings (SSSR count). The van der Waals surface area contributed by atoms with Crippen LogP contribution in [-0.4, -0.2) is 31.5 Å². The molecule has 1 heterocycles. The Balaban J connectivity index is 1.93. The fourth-order valence-corrected chi connectivity index (χ4v) is 2.88. The van der Waals surface area contributed by atoms with E-state index < -0.39 is 11.9 Å². The maximum absolute atomic E-state index is 12.2. The summed E-state index contributed by atoms with van der Waals surface area (Å²) in [5.74, 6) is -0.675. The van der Waals surface area contributed by atoms with Gasteiger partial charge in [0.05, 0.1) is 12.1 Å². The van der Waals surface area contributed by atoms with Crippen molar-refractivity contribution in [1.29, 1.82) is 0 Å². The Kier molecular flexibility index (Phi) is 5.87. The molecule has 1 aliphatic heterocycles. The molecule has 2 N–H and O–H groups in total. The zero-order chi connectivity index (χ0) is 20.3. The Bertz CT molecular complexity index is 1020. The number of methoxy groups -OCH3 is 1. The van der Waals surface area contributed by atoms with Crippen LogP contribution in [0.3, 0.4) is 0 Å². The molecule has 0 fully saturated rings. The molecule has 2 aromatic carbocycles. The second-order valence-corrected chi connectivity index (χ2v) is 6.48. The van der Waals surface area contributed by atoms with Crippen LogP contribution in [0.15, 0.2) is 47.1 Å². The van der Waals surface area contributed by atoms with E-state index in [1.54, 1.807) is 30.3 Å². The van der Waals surface area contributed by atoms with Gasteiger partial charge in [0.25, 0.3) is 5.91 Å². The van der Waals surface area contributed by atoms with Crippen LogP contribution in [0.25, 0.3) is 6.08 Å². The molecule has 144 valence electrons. The second-order valence-electron chi connectivity index (χ2n) is 5.64. The van der Waals surface area contributed by atoms with Crippen LogP contribution in [0.5, 0.6) is 11.5 Å². The average molecular weight is 421 g/mol. The Labute approximate surface area is 170 Å². The first-order valence-electron chi connectivity index (χ1n) is 7.94. The van der Waals surface area contributed by atoms with Gasteiger partial charge in [-0.3, -0.25) is 4.79 Å². The van der Waals surface area contributed by atoms with E-state index in [0.29, 0.717) is 16.1 Å². The summed E-state index contributed by atoms with van der Waals surface area (Å²) in [6.45, 7) is -0.351. The predicted molar refractivity (Wildman–Crippen MR) is 105 cm³/mol. The van der Waals surface area contributed by atoms with Gasteiger partial charge >= 0.3 is 5.97 Å². The molecule has 0 unspecified atom stereocenters. The third-order valence-corrected chi connectivity index (χ3v) is 4.12. The van der Waals surface area contributed by atoms with Crippen LogP contribution >= 0.6 is 23.2 Å². The Morgan fingerprint density at radius 1 is 1.29 bits per heavy atom. The number of esters is 1. The zero-order valence-electron chi connectivity index (χ0n) is 14.6. The number of nitrogens with two attached hydrogens (primary N) is 1. The van der Waals surface area contributed by atoms with E-state index in [0.717, 1.165) is 0 Å². The lowest BCUT2D eigenvalue weighted by molar-refractivity contribution is -0.130. The first-order valence-corrected chi connectivity index (χ1v) is 8.70. The topological polar surface area (TPSA) is 100 Å². The lowest BCUT2D eigenvalue weighted by atomic mass is 10.1. The normalized spacial score (nSPS) is 14.6. The third kappa shape index (κ3) is 4.44. The second kappa shape index (κ2) is 8.33. The van der Waals surface area contributed by atoms with Crippen molar-refractivity contribution in [2.45, 2.75) is 0 Å². The van der Waals surface area contributed by atoms with Gasteiger partial charge < -0.3 is 19.9 Å². The first kappa shape index (κ1) is 19.7. The van der Waals surface area contributed by atoms with E-state index >= 15 is 0 Å². The Morgan fingerprint density at radius 3 is 2.75 bits per heavy atom. The van der Waals surface area contributed by atoms with Crippen LogP contribution in [0.1, 0.15) is 11.1 Å². The molecular weight excluding hydrogens is 407 g/mol. The number of nitrogens with zero attached hydrogens (tertiary/aromatic N) is 1. The van der Waals surface area contributed by atoms with Gasteiger partial charge in [-0.25, -0.2) is 9.79 Å². The number of cyclic esters (lactones) is 1. The SMILES string of the molecule is COc1cc(/C=C2/N=C(c3cccc(Cl)c3)OC2=O)cc(Cl)c1OCC(N)=O. The molecule has 9 heteroatoms. The first-order chi connectivity index (χ1) is 13.4. The van der Waals surface area contributed by atoms with E-state index in [9.17, 15) is 9.59 Å². The Hall–Kier alpha value is -3.03. The van der Waals surface area contributed by atoms with Crippen molar-refractivity contribution >= 4 is 47.1 Å². The number of hydrogen-bond acceptors (Lipinski definition) is 6. The number of ether oxygens (including phenoxy) is 3. The molecule has 7 nitrogen and oxygen atoms in total. The minimum Gasteiger partial charge on any atom is -0.493 e. The quantitative estimate of drug-likeness (QED) is 0.570. The summed E-state index contributed by atoms with van der Waals surface area (Å²) in [6, 6.07) is 9.91. The smallest absolute Gasteiger partial charge is 0.363 e. The summed E-state index contributed by atoms with van der Waals surface area (Å²) in [7, 11) is 1.42. The molecule has 2 aromatic rings. The van der Waals surface area contributed by atoms with Crippen molar-refractivity contribution in [3.05, 3.63) is 63.3 Å². The van der Waals surface area contributed by atoms with Gasteiger partial charge in [-0.05, 0) is 42.0 Å². The van der Waals surface area contributed by atoms with Crippen molar-refractivity contribution in [2.24, 2.45) is 10.7 Å². The van der Waals surface area contributed by atoms with Crippen LogP contribution < -0.4 is 15.2 Å². The molecule has 0 saturated carbocycles. The molecule has 0 atom stereocenters. The number of benzene rings is 2. The van der Waals surface area contributed by atoms with E-state index in [1.807, 2.05) is 0 Å². The highest BCUT2D eigenvalue weighted by atomic mass is 35.5. The maximum atomic E-state index is 12.2. The number of primary amides is 1. The van der Waals surface area contributed by atoms with Crippen molar-refractivity contribution < 1.29 is 23.8 Å². The summed E-state index contributed by atoms with van der Waals surface area (Å²) >= 11 is 12.2. The molecule has 0 aromatic heterocycles. The van der Waals surface area contributed by atoms with Gasteiger partial charge in [0, 0.05) is 10.6 Å². The minimum absolute atomic E-state index is 0.0823. The maximum Gasteiger partial charge on any atom is 0.363 e. The Morgan fingerprint density at radius 2 is 2.07 bits per heavy atom. The molecule has 0 radical (unpaired) electrons. The molecule has 0 aliphatic carbocycles. The van der Waals surface area contributed by atoms with Crippen molar-refractivity contribution in [2.75, 3.05) is 13.7 Å². The highest BCUT2D eigenvalue weighted by Crippen LogP contribution is 2.37. The molecule has 0 bridgehead atoms. The van der Waals surface area contributed by atoms with Gasteiger partial charge in [-0.2, -0.15) is 0 Å². The van der Waals surface area contributed by atoms with Gasteiger partial charge in [0.1, 0.15) is 0 Å². The number of halogens is 2. The van der Waals surface area contributed by atoms with Crippen molar-refractivity contribution in [1.82, 2.24) is 0 Å². The number of carbonyl (C=O) groups is 2. The summed E-state index contributed by atoms with van der Waals surface area (Å²) < 4.78 is 15.7. The lowest BCUT2D eigenvalue weighted by Gasteiger charge is -2.12. The molecule has 28 heavy (non-hydrogen) atoms. The van der Waals surface area contributed by atoms with Gasteiger partial charge in [-0.15, -0.1) is 0 Å². The van der Waals surface area contributed by atoms with Gasteiger partial charge in [0.15, 0.2) is 23.8 Å². The van der Waals surface area contributed by atoms with E-state index in [1.165, 1.54) is 19.3 Å². The van der Waals surface area contributed by atoms with Gasteiger partial charge in [0.2, 0.25) is 5.90 Å². The van der Waals surface area contributed by atoms with E-state index in [4.69, 9.17) is 43.1 Å². The number of aliphatic imine (C=N–C) groups is 1. The van der Waals surface area contributed by atoms with Crippen LogP contribution in [0.4, 0.5) is 0 Å². The van der Waals surface area contributed by atoms with E-state index in [2.05, 4.69) is 4.99 Å². The zero-order valence-corrected chi connectivity index (χ0v) is 16.1. The minimum atomic E-state index is -0.652. The summed E-state index contributed by atoms with van der Waals surface area (Å²) in [4.78, 5) is 27.3.